The predicted molar refractivity (Wildman–Crippen MR) is 51.2 cm³/mol. The number of hydrogen-bond acceptors (Lipinski definition) is 2. The fourth-order valence-corrected chi connectivity index (χ4v) is 1.90. The summed E-state index contributed by atoms with van der Waals surface area (Å²) in [6.07, 6.45) is 1.90. The van der Waals surface area contributed by atoms with Crippen molar-refractivity contribution in [1.29, 1.82) is 0 Å². The zero-order valence-electron chi connectivity index (χ0n) is 6.25. The smallest absolute Gasteiger partial charge is 0.198 e. The van der Waals surface area contributed by atoms with Crippen molar-refractivity contribution in [3.05, 3.63) is 22.1 Å². The van der Waals surface area contributed by atoms with Gasteiger partial charge in [-0.25, -0.2) is 9.97 Å². The third-order valence-corrected chi connectivity index (χ3v) is 2.27. The summed E-state index contributed by atoms with van der Waals surface area (Å²) in [6.45, 7) is 0. The molecule has 0 N–H and O–H groups in total. The summed E-state index contributed by atoms with van der Waals surface area (Å²) < 4.78 is 2.41. The lowest BCUT2D eigenvalue weighted by Crippen LogP contribution is -1.90. The molecule has 2 aromatic heterocycles. The van der Waals surface area contributed by atoms with Gasteiger partial charge in [-0.05, 0) is 22.0 Å². The molecule has 0 saturated carbocycles. The molecule has 0 bridgehead atoms. The van der Waals surface area contributed by atoms with E-state index in [1.807, 2.05) is 23.9 Å². The van der Waals surface area contributed by atoms with Gasteiger partial charge in [0.15, 0.2) is 9.89 Å². The molecule has 0 aliphatic heterocycles. The van der Waals surface area contributed by atoms with Gasteiger partial charge in [-0.2, -0.15) is 0 Å². The summed E-state index contributed by atoms with van der Waals surface area (Å²) in [7, 11) is 1.91. The first kappa shape index (κ1) is 8.01. The molecule has 2 aromatic rings. The number of hydrogen-bond donors (Lipinski definition) is 0. The van der Waals surface area contributed by atoms with Crippen molar-refractivity contribution in [2.75, 3.05) is 0 Å². The highest BCUT2D eigenvalue weighted by molar-refractivity contribution is 9.10. The van der Waals surface area contributed by atoms with Crippen molar-refractivity contribution in [3.63, 3.8) is 0 Å². The van der Waals surface area contributed by atoms with Crippen LogP contribution in [0.5, 0.6) is 0 Å². The second-order valence-corrected chi connectivity index (χ2v) is 3.51. The normalized spacial score (nSPS) is 10.9. The molecule has 0 aromatic carbocycles. The third kappa shape index (κ3) is 1.11. The lowest BCUT2D eigenvalue weighted by Gasteiger charge is -1.97. The molecule has 2 rings (SSSR count). The predicted octanol–water partition coefficient (Wildman–Crippen LogP) is 2.38. The fraction of sp³-hybridized carbons (Fsp3) is 0.143. The quantitative estimate of drug-likeness (QED) is 0.528. The number of aryl methyl sites for hydroxylation is 1. The minimum Gasteiger partial charge on any atom is -0.347 e. The summed E-state index contributed by atoms with van der Waals surface area (Å²) in [5.41, 5.74) is 1.71. The molecule has 0 saturated heterocycles. The van der Waals surface area contributed by atoms with Crippen LogP contribution in [-0.4, -0.2) is 14.5 Å². The van der Waals surface area contributed by atoms with E-state index < -0.39 is 0 Å². The number of rotatable bonds is 0. The Balaban J connectivity index is 2.93. The van der Waals surface area contributed by atoms with E-state index in [-0.39, 0.29) is 0 Å². The first-order valence-electron chi connectivity index (χ1n) is 3.32. The molecule has 0 atom stereocenters. The molecule has 0 radical (unpaired) electrons. The maximum absolute atomic E-state index is 5.91. The van der Waals surface area contributed by atoms with E-state index in [0.717, 1.165) is 11.0 Å². The molecule has 0 spiro atoms. The lowest BCUT2D eigenvalue weighted by atomic mass is 10.5. The van der Waals surface area contributed by atoms with Crippen molar-refractivity contribution < 1.29 is 0 Å². The molecule has 5 heteroatoms. The molecule has 0 amide bonds. The van der Waals surface area contributed by atoms with Crippen molar-refractivity contribution >= 4 is 38.6 Å². The first-order valence-corrected chi connectivity index (χ1v) is 4.49. The molecular weight excluding hydrogens is 241 g/mol. The molecule has 3 nitrogen and oxygen atoms in total. The molecule has 2 heterocycles. The molecule has 0 unspecified atom stereocenters. The van der Waals surface area contributed by atoms with Crippen LogP contribution in [0.15, 0.2) is 17.0 Å². The van der Waals surface area contributed by atoms with Crippen LogP contribution in [0, 0.1) is 0 Å². The standard InChI is InChI=1S/C7H5BrClN3/c1-12-3-2-4-5(12)6(9)11-7(8)10-4/h2-3H,1H3. The average Bonchev–Trinajstić information content (AvgIpc) is 2.31. The summed E-state index contributed by atoms with van der Waals surface area (Å²) in [5, 5.41) is 0.472. The van der Waals surface area contributed by atoms with Crippen LogP contribution < -0.4 is 0 Å². The van der Waals surface area contributed by atoms with Crippen molar-refractivity contribution in [2.45, 2.75) is 0 Å². The Labute approximate surface area is 82.5 Å². The average molecular weight is 246 g/mol. The number of halogens is 2. The molecular formula is C7H5BrClN3. The topological polar surface area (TPSA) is 30.7 Å². The van der Waals surface area contributed by atoms with Crippen LogP contribution >= 0.6 is 27.5 Å². The molecule has 0 aliphatic rings. The number of aromatic nitrogens is 3. The van der Waals surface area contributed by atoms with Gasteiger partial charge >= 0.3 is 0 Å². The maximum atomic E-state index is 5.91. The van der Waals surface area contributed by atoms with Gasteiger partial charge in [0.05, 0.1) is 5.52 Å². The molecule has 0 fully saturated rings. The van der Waals surface area contributed by atoms with E-state index in [1.54, 1.807) is 0 Å². The highest BCUT2D eigenvalue weighted by Gasteiger charge is 2.06. The second kappa shape index (κ2) is 2.71. The Hall–Kier alpha value is -0.610. The summed E-state index contributed by atoms with van der Waals surface area (Å²) in [4.78, 5) is 8.14. The Morgan fingerprint density at radius 1 is 1.50 bits per heavy atom. The summed E-state index contributed by atoms with van der Waals surface area (Å²) in [6, 6.07) is 1.90. The van der Waals surface area contributed by atoms with Crippen LogP contribution in [0.2, 0.25) is 5.15 Å². The first-order chi connectivity index (χ1) is 5.68. The van der Waals surface area contributed by atoms with Crippen molar-refractivity contribution in [3.8, 4) is 0 Å². The summed E-state index contributed by atoms with van der Waals surface area (Å²) >= 11 is 9.08. The van der Waals surface area contributed by atoms with Crippen LogP contribution in [0.25, 0.3) is 11.0 Å². The highest BCUT2D eigenvalue weighted by Crippen LogP contribution is 2.21. The monoisotopic (exact) mass is 245 g/mol. The molecule has 12 heavy (non-hydrogen) atoms. The minimum atomic E-state index is 0.472. The second-order valence-electron chi connectivity index (χ2n) is 2.44. The minimum absolute atomic E-state index is 0.472. The van der Waals surface area contributed by atoms with Gasteiger partial charge in [0.1, 0.15) is 5.52 Å². The largest absolute Gasteiger partial charge is 0.347 e. The van der Waals surface area contributed by atoms with E-state index in [2.05, 4.69) is 25.9 Å². The Morgan fingerprint density at radius 2 is 2.25 bits per heavy atom. The van der Waals surface area contributed by atoms with E-state index in [1.165, 1.54) is 0 Å². The van der Waals surface area contributed by atoms with Crippen LogP contribution in [0.1, 0.15) is 0 Å². The fourth-order valence-electron chi connectivity index (χ4n) is 1.12. The van der Waals surface area contributed by atoms with Gasteiger partial charge in [-0.1, -0.05) is 11.6 Å². The lowest BCUT2D eigenvalue weighted by molar-refractivity contribution is 0.960. The van der Waals surface area contributed by atoms with Gasteiger partial charge in [-0.3, -0.25) is 0 Å². The van der Waals surface area contributed by atoms with Gasteiger partial charge in [0, 0.05) is 13.2 Å². The molecule has 62 valence electrons. The zero-order chi connectivity index (χ0) is 8.72. The van der Waals surface area contributed by atoms with E-state index >= 15 is 0 Å². The Morgan fingerprint density at radius 3 is 3.00 bits per heavy atom. The number of fused-ring (bicyclic) bond motifs is 1. The highest BCUT2D eigenvalue weighted by atomic mass is 79.9. The SMILES string of the molecule is Cn1ccc2nc(Br)nc(Cl)c21. The summed E-state index contributed by atoms with van der Waals surface area (Å²) in [5.74, 6) is 0. The maximum Gasteiger partial charge on any atom is 0.198 e. The Kier molecular flexibility index (Phi) is 1.81. The molecule has 0 aliphatic carbocycles. The van der Waals surface area contributed by atoms with E-state index in [9.17, 15) is 0 Å². The number of nitrogens with zero attached hydrogens (tertiary/aromatic N) is 3. The zero-order valence-corrected chi connectivity index (χ0v) is 8.59. The van der Waals surface area contributed by atoms with Gasteiger partial charge < -0.3 is 4.57 Å². The van der Waals surface area contributed by atoms with Gasteiger partial charge in [-0.15, -0.1) is 0 Å². The van der Waals surface area contributed by atoms with Crippen molar-refractivity contribution in [2.24, 2.45) is 7.05 Å². The van der Waals surface area contributed by atoms with Gasteiger partial charge in [0.25, 0.3) is 0 Å². The van der Waals surface area contributed by atoms with Crippen LogP contribution in [0.3, 0.4) is 0 Å². The van der Waals surface area contributed by atoms with Gasteiger partial charge in [0.2, 0.25) is 0 Å². The van der Waals surface area contributed by atoms with Crippen LogP contribution in [-0.2, 0) is 7.05 Å². The Bertz CT molecular complexity index is 437. The van der Waals surface area contributed by atoms with E-state index in [4.69, 9.17) is 11.6 Å². The van der Waals surface area contributed by atoms with E-state index in [0.29, 0.717) is 9.89 Å². The third-order valence-electron chi connectivity index (χ3n) is 1.65. The van der Waals surface area contributed by atoms with Crippen molar-refractivity contribution in [1.82, 2.24) is 14.5 Å². The van der Waals surface area contributed by atoms with Crippen LogP contribution in [0.4, 0.5) is 0 Å².